The van der Waals surface area contributed by atoms with Crippen LogP contribution in [0.5, 0.6) is 5.75 Å². The van der Waals surface area contributed by atoms with Gasteiger partial charge in [-0.05, 0) is 34.7 Å². The second-order valence-electron chi connectivity index (χ2n) is 11.5. The van der Waals surface area contributed by atoms with E-state index in [0.29, 0.717) is 17.7 Å². The second kappa shape index (κ2) is 17.8. The highest BCUT2D eigenvalue weighted by Crippen LogP contribution is 2.34. The quantitative estimate of drug-likeness (QED) is 0.188. The summed E-state index contributed by atoms with van der Waals surface area (Å²) >= 11 is 0. The number of ether oxygens (including phenoxy) is 7. The topological polar surface area (TPSA) is 162 Å². The van der Waals surface area contributed by atoms with Crippen LogP contribution in [-0.2, 0) is 67.0 Å². The van der Waals surface area contributed by atoms with Crippen molar-refractivity contribution in [3.8, 4) is 5.75 Å². The zero-order chi connectivity index (χ0) is 36.2. The molecule has 1 saturated heterocycles. The van der Waals surface area contributed by atoms with Crippen molar-refractivity contribution in [2.45, 2.75) is 84.8 Å². The lowest BCUT2D eigenvalue weighted by atomic mass is 9.97. The van der Waals surface area contributed by atoms with Crippen LogP contribution in [0.2, 0.25) is 0 Å². The molecule has 1 N–H and O–H groups in total. The maximum atomic E-state index is 12.7. The maximum Gasteiger partial charge on any atom is 0.411 e. The maximum absolute atomic E-state index is 12.7. The van der Waals surface area contributed by atoms with E-state index >= 15 is 0 Å². The van der Waals surface area contributed by atoms with Gasteiger partial charge in [0.1, 0.15) is 25.1 Å². The van der Waals surface area contributed by atoms with Crippen molar-refractivity contribution >= 4 is 35.7 Å². The molecular formula is C37H41NO12. The Bertz CT molecular complexity index is 1640. The highest BCUT2D eigenvalue weighted by Gasteiger charge is 2.53. The fourth-order valence-corrected chi connectivity index (χ4v) is 5.29. The molecule has 5 atom stereocenters. The number of carbonyl (C=O) groups excluding carboxylic acids is 5. The summed E-state index contributed by atoms with van der Waals surface area (Å²) in [6.07, 6.45) is -6.33. The van der Waals surface area contributed by atoms with E-state index in [1.807, 2.05) is 54.6 Å². The SMILES string of the molecule is CCc1ccc(Cc2ccc(NC(=O)OCc3ccccc3)cc2O[C@@H]2O[C@H](COC(C)=O)[C@@H](OC(C)=O)[C@H](OC(C)=O)[C@H]2OC(C)=O)cc1. The number of anilines is 1. The number of esters is 4. The van der Waals surface area contributed by atoms with Gasteiger partial charge in [-0.2, -0.15) is 0 Å². The molecule has 3 aromatic carbocycles. The molecule has 1 amide bonds. The zero-order valence-electron chi connectivity index (χ0n) is 28.5. The van der Waals surface area contributed by atoms with Crippen LogP contribution in [0, 0.1) is 0 Å². The van der Waals surface area contributed by atoms with E-state index in [9.17, 15) is 24.0 Å². The van der Waals surface area contributed by atoms with Crippen LogP contribution in [-0.4, -0.2) is 67.3 Å². The Morgan fingerprint density at radius 3 is 1.92 bits per heavy atom. The number of benzene rings is 3. The number of carbonyl (C=O) groups is 5. The molecule has 0 aromatic heterocycles. The van der Waals surface area contributed by atoms with Gasteiger partial charge in [-0.3, -0.25) is 24.5 Å². The first-order valence-electron chi connectivity index (χ1n) is 16.1. The van der Waals surface area contributed by atoms with Crippen LogP contribution < -0.4 is 10.1 Å². The van der Waals surface area contributed by atoms with Gasteiger partial charge in [0.2, 0.25) is 12.4 Å². The lowest BCUT2D eigenvalue weighted by molar-refractivity contribution is -0.288. The Morgan fingerprint density at radius 1 is 0.680 bits per heavy atom. The fraction of sp³-hybridized carbons (Fsp3) is 0.378. The number of rotatable bonds is 13. The molecule has 266 valence electrons. The molecule has 13 heteroatoms. The lowest BCUT2D eigenvalue weighted by Gasteiger charge is -2.44. The van der Waals surface area contributed by atoms with E-state index in [-0.39, 0.29) is 12.4 Å². The highest BCUT2D eigenvalue weighted by atomic mass is 16.7. The van der Waals surface area contributed by atoms with E-state index in [1.165, 1.54) is 6.92 Å². The second-order valence-corrected chi connectivity index (χ2v) is 11.5. The minimum atomic E-state index is -1.47. The third-order valence-corrected chi connectivity index (χ3v) is 7.54. The molecule has 4 rings (SSSR count). The van der Waals surface area contributed by atoms with E-state index in [0.717, 1.165) is 43.9 Å². The molecule has 1 aliphatic heterocycles. The Labute approximate surface area is 290 Å². The van der Waals surface area contributed by atoms with Crippen LogP contribution >= 0.6 is 0 Å². The molecule has 3 aromatic rings. The van der Waals surface area contributed by atoms with Gasteiger partial charge >= 0.3 is 30.0 Å². The minimum Gasteiger partial charge on any atom is -0.463 e. The van der Waals surface area contributed by atoms with Crippen molar-refractivity contribution < 1.29 is 57.1 Å². The largest absolute Gasteiger partial charge is 0.463 e. The standard InChI is InChI=1S/C37H41NO12/c1-6-26-12-14-27(15-13-26)18-29-16-17-30(38-37(43)45-20-28-10-8-7-9-11-28)19-31(29)49-36-35(48-25(5)42)34(47-24(4)41)33(46-23(3)40)32(50-36)21-44-22(2)39/h7-17,19,32-36H,6,18,20-21H2,1-5H3,(H,38,43)/t32-,33-,34+,35-,36-/m1/s1. The van der Waals surface area contributed by atoms with Gasteiger partial charge in [0, 0.05) is 45.9 Å². The van der Waals surface area contributed by atoms with Gasteiger partial charge in [-0.25, -0.2) is 4.79 Å². The number of nitrogens with one attached hydrogen (secondary N) is 1. The normalized spacial score (nSPS) is 19.7. The summed E-state index contributed by atoms with van der Waals surface area (Å²) < 4.78 is 39.7. The van der Waals surface area contributed by atoms with E-state index in [1.54, 1.807) is 18.2 Å². The van der Waals surface area contributed by atoms with Crippen molar-refractivity contribution in [3.63, 3.8) is 0 Å². The van der Waals surface area contributed by atoms with Gasteiger partial charge in [-0.15, -0.1) is 0 Å². The molecule has 50 heavy (non-hydrogen) atoms. The van der Waals surface area contributed by atoms with E-state index in [2.05, 4.69) is 12.2 Å². The number of aryl methyl sites for hydroxylation is 1. The highest BCUT2D eigenvalue weighted by molar-refractivity contribution is 5.85. The lowest BCUT2D eigenvalue weighted by Crippen LogP contribution is -2.63. The van der Waals surface area contributed by atoms with Crippen molar-refractivity contribution in [1.82, 2.24) is 0 Å². The summed E-state index contributed by atoms with van der Waals surface area (Å²) in [6.45, 7) is 6.30. The monoisotopic (exact) mass is 691 g/mol. The first-order chi connectivity index (χ1) is 23.9. The van der Waals surface area contributed by atoms with Crippen molar-refractivity contribution in [3.05, 3.63) is 95.1 Å². The molecule has 0 spiro atoms. The summed E-state index contributed by atoms with van der Waals surface area (Å²) in [5.74, 6) is -2.72. The molecule has 0 bridgehead atoms. The Balaban J connectivity index is 1.71. The number of amides is 1. The third kappa shape index (κ3) is 11.1. The van der Waals surface area contributed by atoms with Crippen LogP contribution in [0.4, 0.5) is 10.5 Å². The Kier molecular flexibility index (Phi) is 13.3. The van der Waals surface area contributed by atoms with Crippen molar-refractivity contribution in [1.29, 1.82) is 0 Å². The van der Waals surface area contributed by atoms with Crippen molar-refractivity contribution in [2.24, 2.45) is 0 Å². The first kappa shape index (κ1) is 37.4. The predicted octanol–water partition coefficient (Wildman–Crippen LogP) is 5.05. The Hall–Kier alpha value is -5.43. The van der Waals surface area contributed by atoms with Crippen molar-refractivity contribution in [2.75, 3.05) is 11.9 Å². The van der Waals surface area contributed by atoms with E-state index in [4.69, 9.17) is 33.2 Å². The van der Waals surface area contributed by atoms with E-state index < -0.39 is 67.3 Å². The molecule has 13 nitrogen and oxygen atoms in total. The van der Waals surface area contributed by atoms with Crippen LogP contribution in [0.1, 0.15) is 56.9 Å². The average molecular weight is 692 g/mol. The summed E-state index contributed by atoms with van der Waals surface area (Å²) in [7, 11) is 0. The molecule has 1 fully saturated rings. The fourth-order valence-electron chi connectivity index (χ4n) is 5.29. The Morgan fingerprint density at radius 2 is 1.30 bits per heavy atom. The number of hydrogen-bond acceptors (Lipinski definition) is 12. The van der Waals surface area contributed by atoms with Gasteiger partial charge < -0.3 is 33.2 Å². The summed E-state index contributed by atoms with van der Waals surface area (Å²) in [4.78, 5) is 61.3. The van der Waals surface area contributed by atoms with Gasteiger partial charge in [-0.1, -0.05) is 67.6 Å². The van der Waals surface area contributed by atoms with Gasteiger partial charge in [0.15, 0.2) is 12.2 Å². The molecule has 0 saturated carbocycles. The summed E-state index contributed by atoms with van der Waals surface area (Å²) in [5, 5.41) is 2.69. The minimum absolute atomic E-state index is 0.0482. The average Bonchev–Trinajstić information content (AvgIpc) is 3.07. The zero-order valence-corrected chi connectivity index (χ0v) is 28.5. The van der Waals surface area contributed by atoms with Gasteiger partial charge in [0.25, 0.3) is 0 Å². The molecule has 0 unspecified atom stereocenters. The molecule has 1 aliphatic rings. The third-order valence-electron chi connectivity index (χ3n) is 7.54. The van der Waals surface area contributed by atoms with Crippen LogP contribution in [0.25, 0.3) is 0 Å². The van der Waals surface area contributed by atoms with Gasteiger partial charge in [0.05, 0.1) is 0 Å². The summed E-state index contributed by atoms with van der Waals surface area (Å²) in [6, 6.07) is 22.2. The predicted molar refractivity (Wildman–Crippen MR) is 178 cm³/mol. The number of hydrogen-bond donors (Lipinski definition) is 1. The molecule has 1 heterocycles. The molecule has 0 radical (unpaired) electrons. The first-order valence-corrected chi connectivity index (χ1v) is 16.1. The molecular weight excluding hydrogens is 650 g/mol. The van der Waals surface area contributed by atoms with Crippen LogP contribution in [0.15, 0.2) is 72.8 Å². The molecule has 0 aliphatic carbocycles. The van der Waals surface area contributed by atoms with Crippen LogP contribution in [0.3, 0.4) is 0 Å². The summed E-state index contributed by atoms with van der Waals surface area (Å²) in [5.41, 5.74) is 3.90. The smallest absolute Gasteiger partial charge is 0.411 e.